The predicted octanol–water partition coefficient (Wildman–Crippen LogP) is 3.97. The molecule has 118 valence electrons. The lowest BCUT2D eigenvalue weighted by Crippen LogP contribution is -2.41. The molecule has 0 saturated heterocycles. The van der Waals surface area contributed by atoms with Crippen LogP contribution in [0.25, 0.3) is 0 Å². The number of anilines is 1. The fourth-order valence-corrected chi connectivity index (χ4v) is 2.34. The number of carbonyl (C=O) groups is 1. The Morgan fingerprint density at radius 1 is 1.09 bits per heavy atom. The van der Waals surface area contributed by atoms with Gasteiger partial charge in [-0.15, -0.1) is 12.4 Å². The standard InChI is InChI=1S/C18H22N2O.ClH/c1-12-6-5-7-14(10-12)18(3,4)20-17(21)16-11-15(19)9-8-13(16)2;/h5-11H,19H2,1-4H3,(H,20,21);1H. The zero-order valence-corrected chi connectivity index (χ0v) is 14.3. The van der Waals surface area contributed by atoms with Crippen molar-refractivity contribution in [1.82, 2.24) is 5.32 Å². The molecule has 0 aliphatic heterocycles. The number of carbonyl (C=O) groups excluding carboxylic acids is 1. The molecular weight excluding hydrogens is 296 g/mol. The summed E-state index contributed by atoms with van der Waals surface area (Å²) in [5.74, 6) is -0.105. The van der Waals surface area contributed by atoms with E-state index in [-0.39, 0.29) is 18.3 Å². The molecule has 2 aromatic rings. The van der Waals surface area contributed by atoms with Crippen molar-refractivity contribution in [1.29, 1.82) is 0 Å². The maximum Gasteiger partial charge on any atom is 0.252 e. The van der Waals surface area contributed by atoms with Crippen LogP contribution in [-0.2, 0) is 5.54 Å². The molecule has 0 fully saturated rings. The zero-order chi connectivity index (χ0) is 15.6. The summed E-state index contributed by atoms with van der Waals surface area (Å²) in [5.41, 5.74) is 9.73. The van der Waals surface area contributed by atoms with Gasteiger partial charge in [0.1, 0.15) is 0 Å². The molecular formula is C18H23ClN2O. The van der Waals surface area contributed by atoms with E-state index in [2.05, 4.69) is 11.4 Å². The summed E-state index contributed by atoms with van der Waals surface area (Å²) in [6.07, 6.45) is 0. The summed E-state index contributed by atoms with van der Waals surface area (Å²) >= 11 is 0. The highest BCUT2D eigenvalue weighted by Gasteiger charge is 2.24. The Morgan fingerprint density at radius 2 is 1.77 bits per heavy atom. The summed E-state index contributed by atoms with van der Waals surface area (Å²) in [4.78, 5) is 12.5. The zero-order valence-electron chi connectivity index (χ0n) is 13.4. The largest absolute Gasteiger partial charge is 0.399 e. The molecule has 2 rings (SSSR count). The molecule has 0 heterocycles. The van der Waals surface area contributed by atoms with E-state index in [0.717, 1.165) is 11.1 Å². The fraction of sp³-hybridized carbons (Fsp3) is 0.278. The molecule has 3 N–H and O–H groups in total. The van der Waals surface area contributed by atoms with Crippen molar-refractivity contribution in [3.8, 4) is 0 Å². The van der Waals surface area contributed by atoms with Crippen LogP contribution in [0.15, 0.2) is 42.5 Å². The average molecular weight is 319 g/mol. The quantitative estimate of drug-likeness (QED) is 0.841. The van der Waals surface area contributed by atoms with Gasteiger partial charge in [-0.05, 0) is 51.0 Å². The Morgan fingerprint density at radius 3 is 2.41 bits per heavy atom. The van der Waals surface area contributed by atoms with E-state index < -0.39 is 5.54 Å². The van der Waals surface area contributed by atoms with Gasteiger partial charge in [-0.3, -0.25) is 4.79 Å². The molecule has 0 spiro atoms. The third-order valence-corrected chi connectivity index (χ3v) is 3.67. The molecule has 0 radical (unpaired) electrons. The Balaban J connectivity index is 0.00000242. The van der Waals surface area contributed by atoms with E-state index in [9.17, 15) is 4.79 Å². The van der Waals surface area contributed by atoms with Crippen LogP contribution in [0.1, 0.15) is 40.9 Å². The van der Waals surface area contributed by atoms with Gasteiger partial charge < -0.3 is 11.1 Å². The highest BCUT2D eigenvalue weighted by Crippen LogP contribution is 2.22. The van der Waals surface area contributed by atoms with Crippen LogP contribution in [0, 0.1) is 13.8 Å². The van der Waals surface area contributed by atoms with Crippen LogP contribution >= 0.6 is 12.4 Å². The maximum atomic E-state index is 12.5. The molecule has 0 aromatic heterocycles. The molecule has 4 heteroatoms. The van der Waals surface area contributed by atoms with Gasteiger partial charge in [0.25, 0.3) is 5.91 Å². The van der Waals surface area contributed by atoms with Crippen LogP contribution in [-0.4, -0.2) is 5.91 Å². The molecule has 1 amide bonds. The van der Waals surface area contributed by atoms with Crippen LogP contribution in [0.5, 0.6) is 0 Å². The van der Waals surface area contributed by atoms with Gasteiger partial charge in [0, 0.05) is 11.3 Å². The van der Waals surface area contributed by atoms with Gasteiger partial charge in [-0.25, -0.2) is 0 Å². The van der Waals surface area contributed by atoms with Crippen molar-refractivity contribution in [3.05, 3.63) is 64.7 Å². The number of amides is 1. The number of nitrogens with one attached hydrogen (secondary N) is 1. The third-order valence-electron chi connectivity index (χ3n) is 3.67. The number of nitrogens with two attached hydrogens (primary N) is 1. The topological polar surface area (TPSA) is 55.1 Å². The van der Waals surface area contributed by atoms with Crippen molar-refractivity contribution >= 4 is 24.0 Å². The first-order valence-electron chi connectivity index (χ1n) is 7.05. The number of rotatable bonds is 3. The van der Waals surface area contributed by atoms with Crippen LogP contribution in [0.3, 0.4) is 0 Å². The number of hydrogen-bond acceptors (Lipinski definition) is 2. The van der Waals surface area contributed by atoms with E-state index in [1.807, 2.05) is 52.0 Å². The van der Waals surface area contributed by atoms with Crippen molar-refractivity contribution < 1.29 is 4.79 Å². The number of nitrogen functional groups attached to an aromatic ring is 1. The number of benzene rings is 2. The Hall–Kier alpha value is -2.00. The predicted molar refractivity (Wildman–Crippen MR) is 94.5 cm³/mol. The van der Waals surface area contributed by atoms with E-state index in [0.29, 0.717) is 11.3 Å². The van der Waals surface area contributed by atoms with E-state index in [1.165, 1.54) is 5.56 Å². The lowest BCUT2D eigenvalue weighted by atomic mass is 9.92. The van der Waals surface area contributed by atoms with Crippen molar-refractivity contribution in [2.75, 3.05) is 5.73 Å². The SMILES string of the molecule is Cc1cccc(C(C)(C)NC(=O)c2cc(N)ccc2C)c1.Cl. The van der Waals surface area contributed by atoms with Gasteiger partial charge in [0.15, 0.2) is 0 Å². The maximum absolute atomic E-state index is 12.5. The Labute approximate surface area is 138 Å². The summed E-state index contributed by atoms with van der Waals surface area (Å²) < 4.78 is 0. The molecule has 2 aromatic carbocycles. The second-order valence-electron chi connectivity index (χ2n) is 6.02. The third kappa shape index (κ3) is 4.01. The van der Waals surface area contributed by atoms with Crippen molar-refractivity contribution in [3.63, 3.8) is 0 Å². The molecule has 0 unspecified atom stereocenters. The molecule has 0 atom stereocenters. The minimum atomic E-state index is -0.444. The summed E-state index contributed by atoms with van der Waals surface area (Å²) in [6.45, 7) is 7.96. The summed E-state index contributed by atoms with van der Waals surface area (Å²) in [6, 6.07) is 13.6. The molecule has 0 saturated carbocycles. The van der Waals surface area contributed by atoms with Gasteiger partial charge in [-0.2, -0.15) is 0 Å². The van der Waals surface area contributed by atoms with Gasteiger partial charge >= 0.3 is 0 Å². The van der Waals surface area contributed by atoms with Gasteiger partial charge in [0.05, 0.1) is 5.54 Å². The van der Waals surface area contributed by atoms with E-state index in [1.54, 1.807) is 12.1 Å². The minimum absolute atomic E-state index is 0. The Bertz CT molecular complexity index is 681. The molecule has 0 aliphatic carbocycles. The minimum Gasteiger partial charge on any atom is -0.399 e. The molecule has 22 heavy (non-hydrogen) atoms. The summed E-state index contributed by atoms with van der Waals surface area (Å²) in [7, 11) is 0. The first-order valence-corrected chi connectivity index (χ1v) is 7.05. The first-order chi connectivity index (χ1) is 9.79. The average Bonchev–Trinajstić information content (AvgIpc) is 2.41. The monoisotopic (exact) mass is 318 g/mol. The smallest absolute Gasteiger partial charge is 0.252 e. The normalized spacial score (nSPS) is 10.7. The highest BCUT2D eigenvalue weighted by atomic mass is 35.5. The summed E-state index contributed by atoms with van der Waals surface area (Å²) in [5, 5.41) is 3.09. The Kier molecular flexibility index (Phi) is 5.61. The van der Waals surface area contributed by atoms with E-state index in [4.69, 9.17) is 5.73 Å². The molecule has 3 nitrogen and oxygen atoms in total. The number of hydrogen-bond donors (Lipinski definition) is 2. The molecule has 0 bridgehead atoms. The van der Waals surface area contributed by atoms with Gasteiger partial charge in [0.2, 0.25) is 0 Å². The van der Waals surface area contributed by atoms with E-state index >= 15 is 0 Å². The number of aryl methyl sites for hydroxylation is 2. The van der Waals surface area contributed by atoms with Crippen molar-refractivity contribution in [2.24, 2.45) is 0 Å². The number of halogens is 1. The molecule has 0 aliphatic rings. The van der Waals surface area contributed by atoms with Crippen LogP contribution < -0.4 is 11.1 Å². The van der Waals surface area contributed by atoms with Crippen LogP contribution in [0.4, 0.5) is 5.69 Å². The lowest BCUT2D eigenvalue weighted by Gasteiger charge is -2.27. The lowest BCUT2D eigenvalue weighted by molar-refractivity contribution is 0.0911. The second-order valence-corrected chi connectivity index (χ2v) is 6.02. The first kappa shape index (κ1) is 18.1. The van der Waals surface area contributed by atoms with Crippen LogP contribution in [0.2, 0.25) is 0 Å². The highest BCUT2D eigenvalue weighted by molar-refractivity contribution is 5.97. The van der Waals surface area contributed by atoms with Gasteiger partial charge in [-0.1, -0.05) is 35.9 Å². The fourth-order valence-electron chi connectivity index (χ4n) is 2.34. The van der Waals surface area contributed by atoms with Crippen molar-refractivity contribution in [2.45, 2.75) is 33.2 Å². The second kappa shape index (κ2) is 6.84.